The maximum atomic E-state index is 6.66. The molecule has 0 saturated heterocycles. The van der Waals surface area contributed by atoms with E-state index in [0.29, 0.717) is 12.5 Å². The van der Waals surface area contributed by atoms with Gasteiger partial charge in [0.25, 0.3) is 0 Å². The standard InChI is InChI=1S/C4H10N.2Y/c1-4(2)3-5;;/h4-5H,3H2,1-2H3;;/q-1;;. The van der Waals surface area contributed by atoms with E-state index < -0.39 is 0 Å². The van der Waals surface area contributed by atoms with Gasteiger partial charge in [0.05, 0.1) is 0 Å². The molecule has 0 atom stereocenters. The van der Waals surface area contributed by atoms with E-state index in [-0.39, 0.29) is 65.4 Å². The second-order valence-corrected chi connectivity index (χ2v) is 1.60. The van der Waals surface area contributed by atoms with E-state index in [0.717, 1.165) is 0 Å². The van der Waals surface area contributed by atoms with E-state index in [9.17, 15) is 0 Å². The molecule has 0 rings (SSSR count). The van der Waals surface area contributed by atoms with Crippen LogP contribution in [0.2, 0.25) is 0 Å². The molecular weight excluding hydrogens is 240 g/mol. The molecule has 0 aromatic carbocycles. The van der Waals surface area contributed by atoms with Crippen LogP contribution in [0.4, 0.5) is 0 Å². The fraction of sp³-hybridized carbons (Fsp3) is 1.00. The molecule has 0 spiro atoms. The average Bonchev–Trinajstić information content (AvgIpc) is 1.38. The molecule has 3 heteroatoms. The first kappa shape index (κ1) is 16.1. The molecule has 0 aliphatic carbocycles. The summed E-state index contributed by atoms with van der Waals surface area (Å²) >= 11 is 0. The Bertz CT molecular complexity index is 23.7. The van der Waals surface area contributed by atoms with E-state index in [2.05, 4.69) is 0 Å². The van der Waals surface area contributed by atoms with Crippen molar-refractivity contribution in [1.82, 2.24) is 0 Å². The Hall–Kier alpha value is 2.17. The van der Waals surface area contributed by atoms with Crippen LogP contribution >= 0.6 is 0 Å². The monoisotopic (exact) mass is 250 g/mol. The molecular formula is C4H10NY2-. The summed E-state index contributed by atoms with van der Waals surface area (Å²) in [7, 11) is 0. The third kappa shape index (κ3) is 17.9. The van der Waals surface area contributed by atoms with Crippen LogP contribution in [0, 0.1) is 5.92 Å². The summed E-state index contributed by atoms with van der Waals surface area (Å²) < 4.78 is 0. The minimum atomic E-state index is 0. The van der Waals surface area contributed by atoms with Crippen molar-refractivity contribution in [2.45, 2.75) is 13.8 Å². The van der Waals surface area contributed by atoms with Gasteiger partial charge in [-0.15, -0.1) is 6.54 Å². The third-order valence-corrected chi connectivity index (χ3v) is 0.408. The molecule has 7 heavy (non-hydrogen) atoms. The molecule has 0 unspecified atom stereocenters. The van der Waals surface area contributed by atoms with Crippen LogP contribution in [-0.2, 0) is 65.4 Å². The zero-order valence-corrected chi connectivity index (χ0v) is 10.6. The molecule has 1 nitrogen and oxygen atoms in total. The third-order valence-electron chi connectivity index (χ3n) is 0.408. The Kier molecular flexibility index (Phi) is 25.3. The Morgan fingerprint density at radius 3 is 1.43 bits per heavy atom. The van der Waals surface area contributed by atoms with Crippen LogP contribution in [0.15, 0.2) is 0 Å². The number of rotatable bonds is 1. The van der Waals surface area contributed by atoms with Gasteiger partial charge >= 0.3 is 0 Å². The van der Waals surface area contributed by atoms with Crippen molar-refractivity contribution >= 4 is 0 Å². The SMILES string of the molecule is CC(C)C[NH-].[Y].[Y]. The molecule has 2 radical (unpaired) electrons. The summed E-state index contributed by atoms with van der Waals surface area (Å²) in [4.78, 5) is 0. The Morgan fingerprint density at radius 1 is 1.29 bits per heavy atom. The van der Waals surface area contributed by atoms with Crippen LogP contribution in [0.3, 0.4) is 0 Å². The van der Waals surface area contributed by atoms with Gasteiger partial charge in [-0.25, -0.2) is 0 Å². The van der Waals surface area contributed by atoms with Gasteiger partial charge in [0.1, 0.15) is 0 Å². The van der Waals surface area contributed by atoms with Gasteiger partial charge in [-0.1, -0.05) is 19.8 Å². The molecule has 0 aromatic heterocycles. The second kappa shape index (κ2) is 11.0. The first-order valence-electron chi connectivity index (χ1n) is 1.92. The molecule has 0 aromatic rings. The van der Waals surface area contributed by atoms with Crippen molar-refractivity contribution in [2.24, 2.45) is 5.92 Å². The van der Waals surface area contributed by atoms with E-state index in [1.54, 1.807) is 0 Å². The molecule has 0 saturated carbocycles. The topological polar surface area (TPSA) is 23.8 Å². The maximum Gasteiger partial charge on any atom is 0 e. The molecule has 1 N–H and O–H groups in total. The fourth-order valence-corrected chi connectivity index (χ4v) is 0. The number of hydrogen-bond acceptors (Lipinski definition) is 0. The summed E-state index contributed by atoms with van der Waals surface area (Å²) in [5.74, 6) is 0.551. The molecule has 38 valence electrons. The minimum Gasteiger partial charge on any atom is -0.677 e. The zero-order valence-electron chi connectivity index (χ0n) is 4.94. The fourth-order valence-electron chi connectivity index (χ4n) is 0. The maximum absolute atomic E-state index is 6.66. The van der Waals surface area contributed by atoms with Crippen LogP contribution in [0.1, 0.15) is 13.8 Å². The largest absolute Gasteiger partial charge is 0.677 e. The molecule has 0 fully saturated rings. The van der Waals surface area contributed by atoms with Crippen molar-refractivity contribution in [2.75, 3.05) is 6.54 Å². The average molecular weight is 250 g/mol. The van der Waals surface area contributed by atoms with E-state index in [4.69, 9.17) is 5.73 Å². The number of nitrogens with one attached hydrogen (secondary N) is 1. The smallest absolute Gasteiger partial charge is 0 e. The van der Waals surface area contributed by atoms with Gasteiger partial charge in [0.15, 0.2) is 0 Å². The summed E-state index contributed by atoms with van der Waals surface area (Å²) in [6.45, 7) is 4.62. The van der Waals surface area contributed by atoms with Crippen LogP contribution in [-0.4, -0.2) is 6.54 Å². The van der Waals surface area contributed by atoms with E-state index >= 15 is 0 Å². The minimum absolute atomic E-state index is 0. The first-order valence-corrected chi connectivity index (χ1v) is 1.92. The second-order valence-electron chi connectivity index (χ2n) is 1.60. The number of hydrogen-bond donors (Lipinski definition) is 0. The quantitative estimate of drug-likeness (QED) is 0.676. The normalized spacial score (nSPS) is 6.86. The molecule has 0 heterocycles. The first-order chi connectivity index (χ1) is 2.27. The summed E-state index contributed by atoms with van der Waals surface area (Å²) in [5.41, 5.74) is 6.66. The summed E-state index contributed by atoms with van der Waals surface area (Å²) in [6.07, 6.45) is 0. The molecule has 0 aliphatic heterocycles. The van der Waals surface area contributed by atoms with Crippen molar-refractivity contribution < 1.29 is 65.4 Å². The Balaban J connectivity index is -0.0000000800. The van der Waals surface area contributed by atoms with Gasteiger partial charge in [0, 0.05) is 65.4 Å². The summed E-state index contributed by atoms with van der Waals surface area (Å²) in [5, 5.41) is 0. The van der Waals surface area contributed by atoms with Crippen molar-refractivity contribution in [1.29, 1.82) is 0 Å². The molecule has 0 amide bonds. The van der Waals surface area contributed by atoms with Gasteiger partial charge < -0.3 is 5.73 Å². The molecule has 0 aliphatic rings. The Morgan fingerprint density at radius 2 is 1.43 bits per heavy atom. The predicted octanol–water partition coefficient (Wildman–Crippen LogP) is 1.69. The van der Waals surface area contributed by atoms with Crippen LogP contribution < -0.4 is 0 Å². The van der Waals surface area contributed by atoms with Crippen molar-refractivity contribution in [3.05, 3.63) is 5.73 Å². The van der Waals surface area contributed by atoms with Crippen LogP contribution in [0.25, 0.3) is 5.73 Å². The van der Waals surface area contributed by atoms with Crippen molar-refractivity contribution in [3.63, 3.8) is 0 Å². The van der Waals surface area contributed by atoms with Gasteiger partial charge in [0.2, 0.25) is 0 Å². The van der Waals surface area contributed by atoms with E-state index in [1.807, 2.05) is 13.8 Å². The van der Waals surface area contributed by atoms with Gasteiger partial charge in [-0.2, -0.15) is 0 Å². The van der Waals surface area contributed by atoms with Crippen LogP contribution in [0.5, 0.6) is 0 Å². The Labute approximate surface area is 95.9 Å². The van der Waals surface area contributed by atoms with Crippen molar-refractivity contribution in [3.8, 4) is 0 Å². The predicted molar refractivity (Wildman–Crippen MR) is 24.0 cm³/mol. The molecule has 0 bridgehead atoms. The van der Waals surface area contributed by atoms with E-state index in [1.165, 1.54) is 0 Å². The van der Waals surface area contributed by atoms with Gasteiger partial charge in [-0.3, -0.25) is 0 Å². The summed E-state index contributed by atoms with van der Waals surface area (Å²) in [6, 6.07) is 0. The zero-order chi connectivity index (χ0) is 4.28. The van der Waals surface area contributed by atoms with Gasteiger partial charge in [-0.05, 0) is 0 Å².